The smallest absolute Gasteiger partial charge is 0.244 e. The van der Waals surface area contributed by atoms with Gasteiger partial charge in [-0.3, -0.25) is 4.79 Å². The second kappa shape index (κ2) is 10.4. The summed E-state index contributed by atoms with van der Waals surface area (Å²) in [7, 11) is -3.52. The van der Waals surface area contributed by atoms with Crippen LogP contribution in [0.1, 0.15) is 22.5 Å². The van der Waals surface area contributed by atoms with Crippen molar-refractivity contribution >= 4 is 22.0 Å². The molecule has 7 nitrogen and oxygen atoms in total. The van der Waals surface area contributed by atoms with E-state index in [-0.39, 0.29) is 10.8 Å². The molecule has 3 aromatic rings. The van der Waals surface area contributed by atoms with Gasteiger partial charge >= 0.3 is 0 Å². The quantitative estimate of drug-likeness (QED) is 0.527. The van der Waals surface area contributed by atoms with Crippen molar-refractivity contribution in [2.75, 3.05) is 26.3 Å². The van der Waals surface area contributed by atoms with Crippen LogP contribution in [0.25, 0.3) is 11.8 Å². The molecule has 0 atom stereocenters. The topological polar surface area (TPSA) is 80.6 Å². The molecule has 0 saturated carbocycles. The number of nitrogens with zero attached hydrogens (tertiary/aromatic N) is 2. The third-order valence-corrected chi connectivity index (χ3v) is 7.81. The second-order valence-electron chi connectivity index (χ2n) is 8.21. The zero-order valence-corrected chi connectivity index (χ0v) is 20.2. The molecule has 1 N–H and O–H groups in total. The maximum Gasteiger partial charge on any atom is 0.244 e. The Bertz CT molecular complexity index is 1270. The predicted molar refractivity (Wildman–Crippen MR) is 132 cm³/mol. The van der Waals surface area contributed by atoms with Crippen LogP contribution < -0.4 is 5.32 Å². The predicted octanol–water partition coefficient (Wildman–Crippen LogP) is 3.44. The highest BCUT2D eigenvalue weighted by Gasteiger charge is 2.26. The number of carbonyl (C=O) groups excluding carboxylic acids is 1. The number of carbonyl (C=O) groups is 1. The number of hydrogen-bond donors (Lipinski definition) is 1. The monoisotopic (exact) mass is 479 g/mol. The van der Waals surface area contributed by atoms with Crippen LogP contribution in [0, 0.1) is 13.8 Å². The van der Waals surface area contributed by atoms with Gasteiger partial charge in [-0.25, -0.2) is 8.42 Å². The minimum atomic E-state index is -3.52. The zero-order chi connectivity index (χ0) is 24.1. The van der Waals surface area contributed by atoms with Gasteiger partial charge in [0.15, 0.2) is 0 Å². The van der Waals surface area contributed by atoms with Gasteiger partial charge in [-0.05, 0) is 61.4 Å². The van der Waals surface area contributed by atoms with E-state index in [1.165, 1.54) is 10.4 Å². The van der Waals surface area contributed by atoms with E-state index in [2.05, 4.69) is 28.1 Å². The molecule has 1 amide bonds. The summed E-state index contributed by atoms with van der Waals surface area (Å²) in [6.07, 6.45) is 3.34. The molecule has 0 bridgehead atoms. The lowest BCUT2D eigenvalue weighted by Crippen LogP contribution is -2.40. The average molecular weight is 480 g/mol. The molecule has 34 heavy (non-hydrogen) atoms. The van der Waals surface area contributed by atoms with Crippen LogP contribution in [0.5, 0.6) is 0 Å². The number of nitrogens with one attached hydrogen (secondary N) is 1. The fraction of sp³-hybridized carbons (Fsp3) is 0.269. The minimum Gasteiger partial charge on any atom is -0.379 e. The molecule has 4 rings (SSSR count). The first-order valence-corrected chi connectivity index (χ1v) is 12.7. The van der Waals surface area contributed by atoms with Gasteiger partial charge in [0.1, 0.15) is 0 Å². The van der Waals surface area contributed by atoms with Crippen LogP contribution in [0.3, 0.4) is 0 Å². The first-order chi connectivity index (χ1) is 16.4. The largest absolute Gasteiger partial charge is 0.379 e. The summed E-state index contributed by atoms with van der Waals surface area (Å²) >= 11 is 0. The van der Waals surface area contributed by atoms with E-state index in [1.807, 2.05) is 38.1 Å². The first kappa shape index (κ1) is 23.9. The molecule has 1 saturated heterocycles. The van der Waals surface area contributed by atoms with Crippen molar-refractivity contribution in [1.82, 2.24) is 14.2 Å². The molecular weight excluding hydrogens is 450 g/mol. The van der Waals surface area contributed by atoms with Crippen molar-refractivity contribution in [2.45, 2.75) is 25.3 Å². The van der Waals surface area contributed by atoms with Crippen molar-refractivity contribution in [3.8, 4) is 5.69 Å². The molecule has 2 heterocycles. The maximum absolute atomic E-state index is 12.7. The highest BCUT2D eigenvalue weighted by Crippen LogP contribution is 2.22. The molecule has 178 valence electrons. The SMILES string of the molecule is Cc1cc(/C=C/C(=O)NCc2ccc(S(=O)(=O)N3CCOCC3)cc2)c(C)n1-c1ccccc1. The van der Waals surface area contributed by atoms with E-state index < -0.39 is 10.0 Å². The van der Waals surface area contributed by atoms with Crippen LogP contribution in [0.4, 0.5) is 0 Å². The number of rotatable bonds is 7. The first-order valence-electron chi connectivity index (χ1n) is 11.2. The standard InChI is InChI=1S/C26H29N3O4S/c1-20-18-23(21(2)29(20)24-6-4-3-5-7-24)10-13-26(30)27-19-22-8-11-25(12-9-22)34(31,32)28-14-16-33-17-15-28/h3-13,18H,14-17,19H2,1-2H3,(H,27,30)/b13-10+. The van der Waals surface area contributed by atoms with E-state index in [0.29, 0.717) is 32.8 Å². The lowest BCUT2D eigenvalue weighted by Gasteiger charge is -2.26. The maximum atomic E-state index is 12.7. The Morgan fingerprint density at radius 3 is 2.38 bits per heavy atom. The van der Waals surface area contributed by atoms with Gasteiger partial charge in [-0.15, -0.1) is 0 Å². The van der Waals surface area contributed by atoms with E-state index in [0.717, 1.165) is 28.2 Å². The average Bonchev–Trinajstić information content (AvgIpc) is 3.15. The summed E-state index contributed by atoms with van der Waals surface area (Å²) in [4.78, 5) is 12.6. The molecule has 1 aliphatic heterocycles. The highest BCUT2D eigenvalue weighted by molar-refractivity contribution is 7.89. The Labute approximate surface area is 200 Å². The van der Waals surface area contributed by atoms with E-state index in [4.69, 9.17) is 4.74 Å². The molecule has 0 aliphatic carbocycles. The molecule has 1 aliphatic rings. The lowest BCUT2D eigenvalue weighted by molar-refractivity contribution is -0.116. The Morgan fingerprint density at radius 1 is 1.03 bits per heavy atom. The Morgan fingerprint density at radius 2 is 1.71 bits per heavy atom. The lowest BCUT2D eigenvalue weighted by atomic mass is 10.2. The number of hydrogen-bond acceptors (Lipinski definition) is 4. The van der Waals surface area contributed by atoms with Crippen molar-refractivity contribution < 1.29 is 17.9 Å². The third kappa shape index (κ3) is 5.30. The molecule has 2 aromatic carbocycles. The summed E-state index contributed by atoms with van der Waals surface area (Å²) in [5.74, 6) is -0.213. The van der Waals surface area contributed by atoms with E-state index >= 15 is 0 Å². The Balaban J connectivity index is 1.36. The number of morpholine rings is 1. The number of aryl methyl sites for hydroxylation is 1. The van der Waals surface area contributed by atoms with Gasteiger partial charge in [0.2, 0.25) is 15.9 Å². The van der Waals surface area contributed by atoms with E-state index in [9.17, 15) is 13.2 Å². The minimum absolute atomic E-state index is 0.213. The molecule has 0 spiro atoms. The van der Waals surface area contributed by atoms with Crippen LogP contribution in [-0.2, 0) is 26.1 Å². The molecule has 8 heteroatoms. The fourth-order valence-corrected chi connectivity index (χ4v) is 5.47. The highest BCUT2D eigenvalue weighted by atomic mass is 32.2. The summed E-state index contributed by atoms with van der Waals surface area (Å²) in [5.41, 5.74) is 5.04. The normalized spacial score (nSPS) is 15.0. The van der Waals surface area contributed by atoms with Crippen LogP contribution in [0.2, 0.25) is 0 Å². The molecule has 0 radical (unpaired) electrons. The summed E-state index contributed by atoms with van der Waals surface area (Å²) < 4.78 is 34.3. The van der Waals surface area contributed by atoms with Crippen LogP contribution in [0.15, 0.2) is 71.6 Å². The van der Waals surface area contributed by atoms with Crippen molar-refractivity contribution in [3.05, 3.63) is 89.3 Å². The zero-order valence-electron chi connectivity index (χ0n) is 19.4. The van der Waals surface area contributed by atoms with Gasteiger partial charge in [0, 0.05) is 42.8 Å². The van der Waals surface area contributed by atoms with Gasteiger partial charge in [-0.2, -0.15) is 4.31 Å². The van der Waals surface area contributed by atoms with Gasteiger partial charge in [0.25, 0.3) is 0 Å². The van der Waals surface area contributed by atoms with Crippen LogP contribution in [-0.4, -0.2) is 49.5 Å². The Kier molecular flexibility index (Phi) is 7.31. The van der Waals surface area contributed by atoms with Gasteiger partial charge in [0.05, 0.1) is 18.1 Å². The van der Waals surface area contributed by atoms with Gasteiger partial charge < -0.3 is 14.6 Å². The molecule has 1 aromatic heterocycles. The summed E-state index contributed by atoms with van der Waals surface area (Å²) in [5, 5.41) is 2.85. The van der Waals surface area contributed by atoms with E-state index in [1.54, 1.807) is 24.3 Å². The fourth-order valence-electron chi connectivity index (χ4n) is 4.06. The second-order valence-corrected chi connectivity index (χ2v) is 10.1. The number of sulfonamides is 1. The van der Waals surface area contributed by atoms with Gasteiger partial charge in [-0.1, -0.05) is 30.3 Å². The molecule has 1 fully saturated rings. The van der Waals surface area contributed by atoms with Crippen molar-refractivity contribution in [1.29, 1.82) is 0 Å². The number of ether oxygens (including phenoxy) is 1. The summed E-state index contributed by atoms with van der Waals surface area (Å²) in [6, 6.07) is 18.8. The molecular formula is C26H29N3O4S. The molecule has 0 unspecified atom stereocenters. The summed E-state index contributed by atoms with van der Waals surface area (Å²) in [6.45, 7) is 5.93. The third-order valence-electron chi connectivity index (χ3n) is 5.90. The number of aromatic nitrogens is 1. The number of amides is 1. The number of para-hydroxylation sites is 1. The number of benzene rings is 2. The van der Waals surface area contributed by atoms with Crippen molar-refractivity contribution in [2.24, 2.45) is 0 Å². The van der Waals surface area contributed by atoms with Crippen LogP contribution >= 0.6 is 0 Å². The Hall–Kier alpha value is -3.20. The van der Waals surface area contributed by atoms with Crippen molar-refractivity contribution in [3.63, 3.8) is 0 Å².